The topological polar surface area (TPSA) is 37.7 Å². The Balaban J connectivity index is 1.66. The first-order valence-electron chi connectivity index (χ1n) is 8.92. The average Bonchev–Trinajstić information content (AvgIpc) is 2.66. The van der Waals surface area contributed by atoms with Crippen LogP contribution in [0.15, 0.2) is 48.5 Å². The Morgan fingerprint density at radius 3 is 2.54 bits per heavy atom. The monoisotopic (exact) mass is 374 g/mol. The molecule has 26 heavy (non-hydrogen) atoms. The number of rotatable bonds is 5. The Morgan fingerprint density at radius 2 is 1.85 bits per heavy atom. The minimum absolute atomic E-state index is 0.191. The van der Waals surface area contributed by atoms with Crippen molar-refractivity contribution in [1.29, 1.82) is 0 Å². The van der Waals surface area contributed by atoms with Crippen molar-refractivity contribution < 1.29 is 14.0 Å². The Labute approximate surface area is 159 Å². The summed E-state index contributed by atoms with van der Waals surface area (Å²) in [5, 5.41) is 7.19. The first-order valence-corrected chi connectivity index (χ1v) is 9.32. The fourth-order valence-corrected chi connectivity index (χ4v) is 3.44. The van der Waals surface area contributed by atoms with Gasteiger partial charge in [-0.05, 0) is 42.9 Å². The van der Waals surface area contributed by atoms with Crippen molar-refractivity contribution in [2.24, 2.45) is 0 Å². The third-order valence-corrected chi connectivity index (χ3v) is 5.01. The van der Waals surface area contributed by atoms with Gasteiger partial charge in [-0.15, -0.1) is 0 Å². The molecular formula is C20H25FN3OS+. The molecule has 3 rings (SSSR count). The Bertz CT molecular complexity index is 732. The molecule has 0 unspecified atom stereocenters. The first-order chi connectivity index (χ1) is 12.6. The number of hydrogen-bond acceptors (Lipinski definition) is 2. The van der Waals surface area contributed by atoms with Gasteiger partial charge in [0.15, 0.2) is 5.11 Å². The maximum Gasteiger partial charge on any atom is 0.171 e. The number of morpholine rings is 1. The van der Waals surface area contributed by atoms with E-state index in [-0.39, 0.29) is 11.9 Å². The van der Waals surface area contributed by atoms with Crippen molar-refractivity contribution in [2.45, 2.75) is 13.0 Å². The zero-order valence-corrected chi connectivity index (χ0v) is 15.7. The van der Waals surface area contributed by atoms with E-state index in [4.69, 9.17) is 17.0 Å². The number of quaternary nitrogens is 1. The van der Waals surface area contributed by atoms with Crippen molar-refractivity contribution >= 4 is 23.0 Å². The minimum atomic E-state index is -0.214. The minimum Gasteiger partial charge on any atom is -0.370 e. The number of aryl methyl sites for hydroxylation is 1. The number of benzene rings is 2. The standard InChI is InChI=1S/C20H24FN3OS/c1-15-4-2-3-5-18(15)23-20(26)22-14-19(24-10-12-25-13-11-24)16-6-8-17(21)9-7-16/h2-9,19H,10-14H2,1H3,(H2,22,23,26)/p+1/t19-/m1/s1. The van der Waals surface area contributed by atoms with Crippen molar-refractivity contribution in [2.75, 3.05) is 38.2 Å². The van der Waals surface area contributed by atoms with Crippen LogP contribution in [-0.4, -0.2) is 38.0 Å². The predicted molar refractivity (Wildman–Crippen MR) is 106 cm³/mol. The molecule has 6 heteroatoms. The number of halogens is 1. The van der Waals surface area contributed by atoms with Gasteiger partial charge < -0.3 is 20.3 Å². The number of thiocarbonyl (C=S) groups is 1. The summed E-state index contributed by atoms with van der Waals surface area (Å²) >= 11 is 5.47. The largest absolute Gasteiger partial charge is 0.370 e. The van der Waals surface area contributed by atoms with Crippen LogP contribution in [0.2, 0.25) is 0 Å². The van der Waals surface area contributed by atoms with Gasteiger partial charge in [0.1, 0.15) is 24.9 Å². The zero-order valence-electron chi connectivity index (χ0n) is 14.9. The fraction of sp³-hybridized carbons (Fsp3) is 0.350. The van der Waals surface area contributed by atoms with Gasteiger partial charge in [-0.2, -0.15) is 0 Å². The van der Waals surface area contributed by atoms with E-state index in [1.807, 2.05) is 43.3 Å². The van der Waals surface area contributed by atoms with Crippen LogP contribution in [0.5, 0.6) is 0 Å². The van der Waals surface area contributed by atoms with Crippen molar-refractivity contribution in [3.63, 3.8) is 0 Å². The molecule has 4 nitrogen and oxygen atoms in total. The second-order valence-corrected chi connectivity index (χ2v) is 6.93. The van der Waals surface area contributed by atoms with Gasteiger partial charge in [-0.1, -0.05) is 30.3 Å². The van der Waals surface area contributed by atoms with Crippen LogP contribution in [0.1, 0.15) is 17.2 Å². The highest BCUT2D eigenvalue weighted by atomic mass is 32.1. The van der Waals surface area contributed by atoms with E-state index >= 15 is 0 Å². The molecule has 138 valence electrons. The Kier molecular flexibility index (Phi) is 6.55. The maximum absolute atomic E-state index is 13.3. The molecule has 0 saturated carbocycles. The lowest BCUT2D eigenvalue weighted by Gasteiger charge is -2.32. The summed E-state index contributed by atoms with van der Waals surface area (Å²) in [6.45, 7) is 6.09. The van der Waals surface area contributed by atoms with Crippen LogP contribution in [0.4, 0.5) is 10.1 Å². The van der Waals surface area contributed by atoms with Crippen LogP contribution in [-0.2, 0) is 4.74 Å². The Morgan fingerprint density at radius 1 is 1.15 bits per heavy atom. The van der Waals surface area contributed by atoms with Crippen molar-refractivity contribution in [3.8, 4) is 0 Å². The molecule has 1 fully saturated rings. The van der Waals surface area contributed by atoms with Gasteiger partial charge in [-0.3, -0.25) is 0 Å². The quantitative estimate of drug-likeness (QED) is 0.701. The van der Waals surface area contributed by atoms with Crippen LogP contribution < -0.4 is 15.5 Å². The van der Waals surface area contributed by atoms with Gasteiger partial charge in [0.25, 0.3) is 0 Å². The predicted octanol–water partition coefficient (Wildman–Crippen LogP) is 2.08. The molecule has 1 saturated heterocycles. The van der Waals surface area contributed by atoms with Gasteiger partial charge in [-0.25, -0.2) is 4.39 Å². The second-order valence-electron chi connectivity index (χ2n) is 6.52. The average molecular weight is 375 g/mol. The van der Waals surface area contributed by atoms with Crippen LogP contribution in [0, 0.1) is 12.7 Å². The first kappa shape index (κ1) is 18.8. The number of para-hydroxylation sites is 1. The summed E-state index contributed by atoms with van der Waals surface area (Å²) in [6.07, 6.45) is 0. The normalized spacial score (nSPS) is 16.1. The molecule has 1 heterocycles. The van der Waals surface area contributed by atoms with Crippen molar-refractivity contribution in [1.82, 2.24) is 5.32 Å². The summed E-state index contributed by atoms with van der Waals surface area (Å²) in [4.78, 5) is 1.43. The molecule has 0 radical (unpaired) electrons. The Hall–Kier alpha value is -2.02. The maximum atomic E-state index is 13.3. The molecule has 2 aromatic rings. The SMILES string of the molecule is Cc1ccccc1NC(=S)NC[C@H](c1ccc(F)cc1)[NH+]1CCOCC1. The number of ether oxygens (including phenoxy) is 1. The number of anilines is 1. The number of nitrogens with one attached hydrogen (secondary N) is 3. The van der Waals surface area contributed by atoms with E-state index in [2.05, 4.69) is 10.6 Å². The molecule has 0 amide bonds. The summed E-state index contributed by atoms with van der Waals surface area (Å²) in [7, 11) is 0. The van der Waals surface area contributed by atoms with Crippen LogP contribution >= 0.6 is 12.2 Å². The third kappa shape index (κ3) is 5.00. The number of hydrogen-bond donors (Lipinski definition) is 3. The van der Waals surface area contributed by atoms with Gasteiger partial charge in [0, 0.05) is 11.3 Å². The molecule has 3 N–H and O–H groups in total. The van der Waals surface area contributed by atoms with E-state index in [0.29, 0.717) is 11.7 Å². The van der Waals surface area contributed by atoms with E-state index in [1.54, 1.807) is 0 Å². The molecule has 2 aromatic carbocycles. The summed E-state index contributed by atoms with van der Waals surface area (Å²) < 4.78 is 18.8. The molecule has 1 atom stereocenters. The van der Waals surface area contributed by atoms with Gasteiger partial charge in [0.2, 0.25) is 0 Å². The zero-order chi connectivity index (χ0) is 18.4. The van der Waals surface area contributed by atoms with E-state index in [9.17, 15) is 4.39 Å². The lowest BCUT2D eigenvalue weighted by Crippen LogP contribution is -3.15. The fourth-order valence-electron chi connectivity index (χ4n) is 3.25. The highest BCUT2D eigenvalue weighted by Crippen LogP contribution is 2.14. The highest BCUT2D eigenvalue weighted by molar-refractivity contribution is 7.80. The molecule has 1 aliphatic rings. The van der Waals surface area contributed by atoms with Crippen LogP contribution in [0.3, 0.4) is 0 Å². The summed E-state index contributed by atoms with van der Waals surface area (Å²) in [6, 6.07) is 15.0. The highest BCUT2D eigenvalue weighted by Gasteiger charge is 2.26. The molecule has 0 bridgehead atoms. The molecule has 0 spiro atoms. The smallest absolute Gasteiger partial charge is 0.171 e. The van der Waals surface area contributed by atoms with E-state index < -0.39 is 0 Å². The molecule has 0 aromatic heterocycles. The van der Waals surface area contributed by atoms with E-state index in [0.717, 1.165) is 43.1 Å². The molecule has 1 aliphatic heterocycles. The molecular weight excluding hydrogens is 349 g/mol. The van der Waals surface area contributed by atoms with Gasteiger partial charge in [0.05, 0.1) is 19.8 Å². The molecule has 0 aliphatic carbocycles. The van der Waals surface area contributed by atoms with E-state index in [1.165, 1.54) is 17.0 Å². The lowest BCUT2D eigenvalue weighted by atomic mass is 10.0. The summed E-state index contributed by atoms with van der Waals surface area (Å²) in [5.74, 6) is -0.214. The lowest BCUT2D eigenvalue weighted by molar-refractivity contribution is -0.937. The third-order valence-electron chi connectivity index (χ3n) is 4.76. The summed E-state index contributed by atoms with van der Waals surface area (Å²) in [5.41, 5.74) is 3.25. The second kappa shape index (κ2) is 9.07. The van der Waals surface area contributed by atoms with Gasteiger partial charge >= 0.3 is 0 Å². The van der Waals surface area contributed by atoms with Crippen molar-refractivity contribution in [3.05, 3.63) is 65.5 Å². The van der Waals surface area contributed by atoms with Crippen LogP contribution in [0.25, 0.3) is 0 Å².